The van der Waals surface area contributed by atoms with Crippen molar-refractivity contribution in [1.82, 2.24) is 9.55 Å². The van der Waals surface area contributed by atoms with Crippen LogP contribution in [0.25, 0.3) is 22.6 Å². The molecule has 0 aliphatic heterocycles. The first kappa shape index (κ1) is 13.7. The predicted octanol–water partition coefficient (Wildman–Crippen LogP) is 3.58. The van der Waals surface area contributed by atoms with Gasteiger partial charge in [-0.05, 0) is 24.6 Å². The quantitative estimate of drug-likeness (QED) is 0.679. The van der Waals surface area contributed by atoms with Crippen LogP contribution in [-0.2, 0) is 11.8 Å². The van der Waals surface area contributed by atoms with Crippen molar-refractivity contribution >= 4 is 28.7 Å². The molecule has 0 N–H and O–H groups in total. The molecule has 0 saturated carbocycles. The van der Waals surface area contributed by atoms with Gasteiger partial charge in [0.25, 0.3) is 0 Å². The lowest BCUT2D eigenvalue weighted by Gasteiger charge is -2.04. The molecule has 0 bridgehead atoms. The summed E-state index contributed by atoms with van der Waals surface area (Å²) in [7, 11) is 3.14. The summed E-state index contributed by atoms with van der Waals surface area (Å²) < 4.78 is 12.3. The number of ether oxygens (including phenoxy) is 1. The Bertz CT molecular complexity index is 848. The lowest BCUT2D eigenvalue weighted by atomic mass is 10.2. The molecule has 6 heteroatoms. The van der Waals surface area contributed by atoms with E-state index >= 15 is 0 Å². The van der Waals surface area contributed by atoms with Gasteiger partial charge in [-0.3, -0.25) is 4.98 Å². The predicted molar refractivity (Wildman–Crippen MR) is 79.5 cm³/mol. The van der Waals surface area contributed by atoms with Gasteiger partial charge >= 0.3 is 5.97 Å². The first-order valence-corrected chi connectivity index (χ1v) is 6.69. The molecule has 108 valence electrons. The van der Waals surface area contributed by atoms with Crippen LogP contribution in [0, 0.1) is 6.92 Å². The lowest BCUT2D eigenvalue weighted by molar-refractivity contribution is 0.0590. The van der Waals surface area contributed by atoms with Gasteiger partial charge in [-0.25, -0.2) is 4.79 Å². The molecule has 0 aromatic carbocycles. The molecule has 3 aromatic rings. The monoisotopic (exact) mass is 304 g/mol. The van der Waals surface area contributed by atoms with Gasteiger partial charge in [-0.15, -0.1) is 0 Å². The van der Waals surface area contributed by atoms with E-state index in [2.05, 4.69) is 4.98 Å². The number of aromatic nitrogens is 2. The van der Waals surface area contributed by atoms with Gasteiger partial charge < -0.3 is 13.7 Å². The van der Waals surface area contributed by atoms with Crippen LogP contribution in [0.15, 0.2) is 28.8 Å². The van der Waals surface area contributed by atoms with Crippen LogP contribution in [0.4, 0.5) is 0 Å². The molecule has 3 heterocycles. The van der Waals surface area contributed by atoms with E-state index in [0.29, 0.717) is 27.6 Å². The minimum Gasteiger partial charge on any atom is -0.464 e. The number of nitrogens with zero attached hydrogens (tertiary/aromatic N) is 2. The number of aryl methyl sites for hydroxylation is 1. The second-order valence-electron chi connectivity index (χ2n) is 4.73. The van der Waals surface area contributed by atoms with Crippen molar-refractivity contribution in [1.29, 1.82) is 0 Å². The van der Waals surface area contributed by atoms with Crippen LogP contribution < -0.4 is 0 Å². The Hall–Kier alpha value is -2.27. The summed E-state index contributed by atoms with van der Waals surface area (Å²) in [4.78, 5) is 16.0. The third kappa shape index (κ3) is 2.10. The Kier molecular flexibility index (Phi) is 3.22. The zero-order valence-electron chi connectivity index (χ0n) is 11.8. The fraction of sp³-hybridized carbons (Fsp3) is 0.200. The van der Waals surface area contributed by atoms with E-state index < -0.39 is 0 Å². The summed E-state index contributed by atoms with van der Waals surface area (Å²) in [5.41, 5.74) is 3.38. The maximum Gasteiger partial charge on any atom is 0.354 e. The molecule has 21 heavy (non-hydrogen) atoms. The molecule has 5 nitrogen and oxygen atoms in total. The summed E-state index contributed by atoms with van der Waals surface area (Å²) in [6, 6.07) is 5.25. The summed E-state index contributed by atoms with van der Waals surface area (Å²) in [6.07, 6.45) is 1.63. The number of carbonyl (C=O) groups excluding carboxylic acids is 1. The second-order valence-corrected chi connectivity index (χ2v) is 5.14. The van der Waals surface area contributed by atoms with Crippen LogP contribution >= 0.6 is 11.6 Å². The molecule has 0 amide bonds. The van der Waals surface area contributed by atoms with Crippen LogP contribution in [0.2, 0.25) is 5.02 Å². The molecule has 0 spiro atoms. The van der Waals surface area contributed by atoms with E-state index in [4.69, 9.17) is 20.8 Å². The van der Waals surface area contributed by atoms with E-state index in [1.54, 1.807) is 29.9 Å². The molecule has 0 radical (unpaired) electrons. The molecule has 0 aliphatic rings. The van der Waals surface area contributed by atoms with E-state index in [9.17, 15) is 4.79 Å². The van der Waals surface area contributed by atoms with Gasteiger partial charge in [0.2, 0.25) is 0 Å². The number of methoxy groups -OCH3 is 1. The SMILES string of the molecule is COC(=O)c1cc(C)c(-c2cc3nccc(Cl)c3o2)n1C. The molecular weight excluding hydrogens is 292 g/mol. The Morgan fingerprint density at radius 3 is 2.86 bits per heavy atom. The zero-order chi connectivity index (χ0) is 15.1. The first-order valence-electron chi connectivity index (χ1n) is 6.32. The van der Waals surface area contributed by atoms with E-state index in [-0.39, 0.29) is 5.97 Å². The normalized spacial score (nSPS) is 11.0. The fourth-order valence-corrected chi connectivity index (χ4v) is 2.63. The smallest absolute Gasteiger partial charge is 0.354 e. The topological polar surface area (TPSA) is 57.3 Å². The van der Waals surface area contributed by atoms with E-state index in [0.717, 1.165) is 11.3 Å². The Labute approximate surface area is 126 Å². The van der Waals surface area contributed by atoms with Crippen molar-refractivity contribution in [2.24, 2.45) is 7.05 Å². The van der Waals surface area contributed by atoms with Crippen molar-refractivity contribution in [2.75, 3.05) is 7.11 Å². The highest BCUT2D eigenvalue weighted by Crippen LogP contribution is 2.33. The highest BCUT2D eigenvalue weighted by Gasteiger charge is 2.20. The average Bonchev–Trinajstić information content (AvgIpc) is 3.00. The molecular formula is C15H13ClN2O3. The van der Waals surface area contributed by atoms with Gasteiger partial charge in [0.1, 0.15) is 11.2 Å². The van der Waals surface area contributed by atoms with Crippen molar-refractivity contribution < 1.29 is 13.9 Å². The summed E-state index contributed by atoms with van der Waals surface area (Å²) in [5.74, 6) is 0.222. The number of hydrogen-bond acceptors (Lipinski definition) is 4. The Morgan fingerprint density at radius 1 is 1.43 bits per heavy atom. The van der Waals surface area contributed by atoms with Gasteiger partial charge in [0.05, 0.1) is 17.8 Å². The van der Waals surface area contributed by atoms with Crippen molar-refractivity contribution in [2.45, 2.75) is 6.92 Å². The largest absolute Gasteiger partial charge is 0.464 e. The molecule has 0 atom stereocenters. The van der Waals surface area contributed by atoms with Crippen molar-refractivity contribution in [3.8, 4) is 11.5 Å². The number of fused-ring (bicyclic) bond motifs is 1. The minimum atomic E-state index is -0.390. The van der Waals surface area contributed by atoms with Gasteiger partial charge in [-0.1, -0.05) is 11.6 Å². The number of esters is 1. The first-order chi connectivity index (χ1) is 10.0. The molecule has 0 unspecified atom stereocenters. The van der Waals surface area contributed by atoms with Crippen LogP contribution in [0.3, 0.4) is 0 Å². The molecule has 0 fully saturated rings. The number of furan rings is 1. The highest BCUT2D eigenvalue weighted by molar-refractivity contribution is 6.34. The van der Waals surface area contributed by atoms with Crippen LogP contribution in [0.1, 0.15) is 16.1 Å². The third-order valence-electron chi connectivity index (χ3n) is 3.42. The summed E-state index contributed by atoms with van der Waals surface area (Å²) in [5, 5.41) is 0.506. The number of halogens is 1. The maximum atomic E-state index is 11.8. The highest BCUT2D eigenvalue weighted by atomic mass is 35.5. The van der Waals surface area contributed by atoms with E-state index in [1.165, 1.54) is 7.11 Å². The van der Waals surface area contributed by atoms with Gasteiger partial charge in [-0.2, -0.15) is 0 Å². The third-order valence-corrected chi connectivity index (χ3v) is 3.71. The van der Waals surface area contributed by atoms with E-state index in [1.807, 2.05) is 13.0 Å². The molecule has 3 rings (SSSR count). The Balaban J connectivity index is 2.21. The van der Waals surface area contributed by atoms with Crippen LogP contribution in [0.5, 0.6) is 0 Å². The number of hydrogen-bond donors (Lipinski definition) is 0. The standard InChI is InChI=1S/C15H13ClN2O3/c1-8-6-11(15(19)20-3)18(2)13(8)12-7-10-14(21-12)9(16)4-5-17-10/h4-7H,1-3H3. The zero-order valence-corrected chi connectivity index (χ0v) is 12.6. The maximum absolute atomic E-state index is 11.8. The average molecular weight is 305 g/mol. The van der Waals surface area contributed by atoms with Crippen LogP contribution in [-0.4, -0.2) is 22.6 Å². The lowest BCUT2D eigenvalue weighted by Crippen LogP contribution is -2.07. The molecule has 0 aliphatic carbocycles. The number of pyridine rings is 1. The Morgan fingerprint density at radius 2 is 2.19 bits per heavy atom. The fourth-order valence-electron chi connectivity index (χ4n) is 2.44. The molecule has 0 saturated heterocycles. The van der Waals surface area contributed by atoms with Crippen molar-refractivity contribution in [3.63, 3.8) is 0 Å². The van der Waals surface area contributed by atoms with Gasteiger partial charge in [0.15, 0.2) is 11.3 Å². The van der Waals surface area contributed by atoms with Crippen molar-refractivity contribution in [3.05, 3.63) is 40.7 Å². The van der Waals surface area contributed by atoms with Gasteiger partial charge in [0, 0.05) is 19.3 Å². The minimum absolute atomic E-state index is 0.390. The second kappa shape index (κ2) is 4.93. The number of carbonyl (C=O) groups is 1. The number of rotatable bonds is 2. The molecule has 3 aromatic heterocycles. The summed E-state index contributed by atoms with van der Waals surface area (Å²) >= 11 is 6.10. The summed E-state index contributed by atoms with van der Waals surface area (Å²) in [6.45, 7) is 1.91.